The summed E-state index contributed by atoms with van der Waals surface area (Å²) in [5, 5.41) is 0. The first-order chi connectivity index (χ1) is 31.9. The third-order valence-electron chi connectivity index (χ3n) is 13.1. The molecule has 2 aliphatic rings. The highest BCUT2D eigenvalue weighted by molar-refractivity contribution is 7.00. The van der Waals surface area contributed by atoms with Crippen molar-refractivity contribution < 1.29 is 17.9 Å². The molecule has 0 fully saturated rings. The van der Waals surface area contributed by atoms with Crippen LogP contribution in [0, 0.1) is 27.7 Å². The summed E-state index contributed by atoms with van der Waals surface area (Å²) in [5.41, 5.74) is 20.8. The number of rotatable bonds is 7. The molecule has 2 heterocycles. The topological polar surface area (TPSA) is 15.7 Å². The maximum atomic E-state index is 14.5. The third kappa shape index (κ3) is 7.50. The molecule has 0 N–H and O–H groups in total. The average Bonchev–Trinajstić information content (AvgIpc) is 3.32. The molecule has 7 heteroatoms. The normalized spacial score (nSPS) is 12.7. The molecule has 9 aromatic carbocycles. The van der Waals surface area contributed by atoms with Crippen molar-refractivity contribution in [1.82, 2.24) is 0 Å². The van der Waals surface area contributed by atoms with E-state index in [1.807, 2.05) is 0 Å². The Hall–Kier alpha value is -7.77. The second-order valence-corrected chi connectivity index (χ2v) is 17.6. The number of aryl methyl sites for hydroxylation is 4. The molecular formula is C59H44BF3N2O. The Balaban J connectivity index is 1.18. The zero-order valence-corrected chi connectivity index (χ0v) is 37.0. The van der Waals surface area contributed by atoms with Crippen molar-refractivity contribution in [3.63, 3.8) is 0 Å². The second kappa shape index (κ2) is 16.0. The summed E-state index contributed by atoms with van der Waals surface area (Å²) in [7, 11) is 0. The van der Waals surface area contributed by atoms with Crippen molar-refractivity contribution in [3.05, 3.63) is 216 Å². The molecule has 0 unspecified atom stereocenters. The number of ether oxygens (including phenoxy) is 1. The summed E-state index contributed by atoms with van der Waals surface area (Å²) in [6.07, 6.45) is -4.92. The lowest BCUT2D eigenvalue weighted by Crippen LogP contribution is -2.61. The maximum absolute atomic E-state index is 14.5. The minimum absolute atomic E-state index is 0.294. The van der Waals surface area contributed by atoms with Gasteiger partial charge in [-0.2, -0.15) is 0 Å². The van der Waals surface area contributed by atoms with Crippen LogP contribution >= 0.6 is 0 Å². The highest BCUT2D eigenvalue weighted by Gasteiger charge is 2.45. The number of anilines is 6. The number of benzene rings is 9. The summed E-state index contributed by atoms with van der Waals surface area (Å²) in [6.45, 7) is 7.94. The molecule has 0 atom stereocenters. The molecule has 0 amide bonds. The van der Waals surface area contributed by atoms with Crippen LogP contribution in [0.5, 0.6) is 5.75 Å². The van der Waals surface area contributed by atoms with Gasteiger partial charge in [0, 0.05) is 46.3 Å². The Labute approximate surface area is 384 Å². The van der Waals surface area contributed by atoms with Crippen molar-refractivity contribution in [2.24, 2.45) is 0 Å². The number of hydrogen-bond donors (Lipinski definition) is 0. The van der Waals surface area contributed by atoms with Crippen molar-refractivity contribution in [2.45, 2.75) is 34.1 Å². The summed E-state index contributed by atoms with van der Waals surface area (Å²) in [5.74, 6) is -0.294. The van der Waals surface area contributed by atoms with E-state index in [4.69, 9.17) is 4.74 Å². The van der Waals surface area contributed by atoms with Crippen LogP contribution in [-0.2, 0) is 0 Å². The molecule has 0 aromatic heterocycles. The molecule has 3 nitrogen and oxygen atoms in total. The van der Waals surface area contributed by atoms with E-state index in [2.05, 4.69) is 219 Å². The Kier molecular flexibility index (Phi) is 9.96. The summed E-state index contributed by atoms with van der Waals surface area (Å²) < 4.78 is 48.4. The number of hydrogen-bond acceptors (Lipinski definition) is 3. The van der Waals surface area contributed by atoms with Gasteiger partial charge in [-0.3, -0.25) is 0 Å². The van der Waals surface area contributed by atoms with Gasteiger partial charge < -0.3 is 14.5 Å². The van der Waals surface area contributed by atoms with Gasteiger partial charge in [-0.15, -0.1) is 13.2 Å². The van der Waals surface area contributed by atoms with Crippen molar-refractivity contribution in [1.29, 1.82) is 0 Å². The number of nitrogens with zero attached hydrogens (tertiary/aromatic N) is 2. The van der Waals surface area contributed by atoms with Gasteiger partial charge in [0.05, 0.1) is 0 Å². The first kappa shape index (κ1) is 41.0. The van der Waals surface area contributed by atoms with Gasteiger partial charge in [0.1, 0.15) is 5.75 Å². The van der Waals surface area contributed by atoms with E-state index in [0.29, 0.717) is 11.4 Å². The fraction of sp³-hybridized carbons (Fsp3) is 0.0847. The summed E-state index contributed by atoms with van der Waals surface area (Å²) >= 11 is 0. The quantitative estimate of drug-likeness (QED) is 0.148. The van der Waals surface area contributed by atoms with E-state index in [1.54, 1.807) is 12.1 Å². The zero-order chi connectivity index (χ0) is 45.3. The molecule has 0 radical (unpaired) electrons. The molecule has 9 aromatic rings. The Morgan fingerprint density at radius 1 is 0.348 bits per heavy atom. The maximum Gasteiger partial charge on any atom is 0.573 e. The van der Waals surface area contributed by atoms with Crippen LogP contribution in [0.25, 0.3) is 44.5 Å². The molecule has 0 saturated heterocycles. The predicted octanol–water partition coefficient (Wildman–Crippen LogP) is 14.6. The molecule has 320 valence electrons. The SMILES string of the molecule is Cc1ccc(-c2ccc(N3c4ccc(-c5ccc(C)cc5)cc4B4c5cc(-c6ccc(C)cc6)ccc5N(c5ccc(-c6ccc(C)cc6)cc5)c5cc(OC(F)(F)F)cc3c54)cc2)cc1. The van der Waals surface area contributed by atoms with Gasteiger partial charge in [0.25, 0.3) is 6.71 Å². The highest BCUT2D eigenvalue weighted by atomic mass is 19.4. The first-order valence-electron chi connectivity index (χ1n) is 22.2. The predicted molar refractivity (Wildman–Crippen MR) is 268 cm³/mol. The minimum atomic E-state index is -4.92. The van der Waals surface area contributed by atoms with Crippen molar-refractivity contribution in [2.75, 3.05) is 9.80 Å². The van der Waals surface area contributed by atoms with Crippen molar-refractivity contribution >= 4 is 57.2 Å². The molecule has 2 aliphatic heterocycles. The van der Waals surface area contributed by atoms with Crippen LogP contribution in [0.3, 0.4) is 0 Å². The van der Waals surface area contributed by atoms with Crippen molar-refractivity contribution in [3.8, 4) is 50.3 Å². The van der Waals surface area contributed by atoms with Gasteiger partial charge in [-0.05, 0) is 125 Å². The van der Waals surface area contributed by atoms with Crippen LogP contribution < -0.4 is 30.9 Å². The lowest BCUT2D eigenvalue weighted by Gasteiger charge is -2.44. The molecule has 0 bridgehead atoms. The first-order valence-corrected chi connectivity index (χ1v) is 22.2. The summed E-state index contributed by atoms with van der Waals surface area (Å²) in [4.78, 5) is 4.22. The Morgan fingerprint density at radius 3 is 0.955 bits per heavy atom. The van der Waals surface area contributed by atoms with Crippen LogP contribution in [-0.4, -0.2) is 13.1 Å². The smallest absolute Gasteiger partial charge is 0.406 e. The van der Waals surface area contributed by atoms with E-state index in [9.17, 15) is 13.2 Å². The van der Waals surface area contributed by atoms with Gasteiger partial charge in [0.2, 0.25) is 0 Å². The van der Waals surface area contributed by atoms with E-state index in [0.717, 1.165) is 83.6 Å². The molecule has 0 saturated carbocycles. The van der Waals surface area contributed by atoms with Crippen LogP contribution in [0.4, 0.5) is 47.3 Å². The van der Waals surface area contributed by atoms with E-state index < -0.39 is 6.36 Å². The van der Waals surface area contributed by atoms with E-state index in [1.165, 1.54) is 22.3 Å². The lowest BCUT2D eigenvalue weighted by molar-refractivity contribution is -0.274. The van der Waals surface area contributed by atoms with Crippen LogP contribution in [0.1, 0.15) is 22.3 Å². The average molecular weight is 865 g/mol. The number of fused-ring (bicyclic) bond motifs is 4. The summed E-state index contributed by atoms with van der Waals surface area (Å²) in [6, 6.07) is 66.6. The lowest BCUT2D eigenvalue weighted by atomic mass is 9.33. The number of halogens is 3. The van der Waals surface area contributed by atoms with Gasteiger partial charge in [-0.25, -0.2) is 0 Å². The largest absolute Gasteiger partial charge is 0.573 e. The van der Waals surface area contributed by atoms with Crippen LogP contribution in [0.15, 0.2) is 194 Å². The molecule has 11 rings (SSSR count). The Bertz CT molecular complexity index is 3060. The second-order valence-electron chi connectivity index (χ2n) is 17.6. The molecule has 0 aliphatic carbocycles. The van der Waals surface area contributed by atoms with Gasteiger partial charge >= 0.3 is 6.36 Å². The van der Waals surface area contributed by atoms with Crippen LogP contribution in [0.2, 0.25) is 0 Å². The highest BCUT2D eigenvalue weighted by Crippen LogP contribution is 2.48. The van der Waals surface area contributed by atoms with Gasteiger partial charge in [-0.1, -0.05) is 168 Å². The standard InChI is InChI=1S/C59H44BF3N2O/c1-37-5-13-41(14-6-37)43-21-27-49(28-22-43)64-54-31-25-47(45-17-9-39(3)10-18-45)33-52(54)60-53-34-48(46-19-11-40(4)12-20-46)26-32-55(53)65(57-36-51(66-59(61,62)63)35-56(64)58(57)60)50-29-23-44(24-30-50)42-15-7-38(2)8-16-42/h5-36H,1-4H3. The molecular weight excluding hydrogens is 820 g/mol. The van der Waals surface area contributed by atoms with E-state index >= 15 is 0 Å². The number of alkyl halides is 3. The monoisotopic (exact) mass is 864 g/mol. The van der Waals surface area contributed by atoms with Gasteiger partial charge in [0.15, 0.2) is 0 Å². The third-order valence-corrected chi connectivity index (χ3v) is 13.1. The zero-order valence-electron chi connectivity index (χ0n) is 37.0. The van der Waals surface area contributed by atoms with E-state index in [-0.39, 0.29) is 12.5 Å². The molecule has 66 heavy (non-hydrogen) atoms. The minimum Gasteiger partial charge on any atom is -0.406 e. The fourth-order valence-corrected chi connectivity index (χ4v) is 9.68. The fourth-order valence-electron chi connectivity index (χ4n) is 9.68. The Morgan fingerprint density at radius 2 is 0.636 bits per heavy atom. The molecule has 0 spiro atoms.